The van der Waals surface area contributed by atoms with Gasteiger partial charge in [0.05, 0.1) is 44.2 Å². The molecule has 0 aromatic heterocycles. The van der Waals surface area contributed by atoms with Crippen LogP contribution in [0.2, 0.25) is 0 Å². The molecule has 17 atom stereocenters. The first-order chi connectivity index (χ1) is 58.8. The normalized spacial score (nSPS) is 23.6. The number of ether oxygens (including phenoxy) is 11. The Morgan fingerprint density at radius 1 is 0.311 bits per heavy atom. The summed E-state index contributed by atoms with van der Waals surface area (Å²) in [6.45, 7) is 46.3. The molecule has 0 radical (unpaired) electrons. The minimum absolute atomic E-state index is 0.0735. The maximum absolute atomic E-state index is 6.70. The molecule has 11 heteroatoms. The quantitative estimate of drug-likeness (QED) is 0.0213. The third-order valence-electron chi connectivity index (χ3n) is 28.8. The molecule has 686 valence electrons. The van der Waals surface area contributed by atoms with Gasteiger partial charge < -0.3 is 52.1 Å². The zero-order chi connectivity index (χ0) is 87.5. The summed E-state index contributed by atoms with van der Waals surface area (Å²) < 4.78 is 68.2. The summed E-state index contributed by atoms with van der Waals surface area (Å²) in [7, 11) is 0. The van der Waals surface area contributed by atoms with E-state index in [1.54, 1.807) is 0 Å². The Bertz CT molecular complexity index is 3510. The number of hydrogen-bond acceptors (Lipinski definition) is 11. The van der Waals surface area contributed by atoms with E-state index in [0.717, 1.165) is 109 Å². The lowest BCUT2D eigenvalue weighted by Gasteiger charge is -2.40. The molecule has 8 aliphatic rings. The van der Waals surface area contributed by atoms with Crippen LogP contribution >= 0.6 is 0 Å². The van der Waals surface area contributed by atoms with E-state index in [4.69, 9.17) is 52.1 Å². The number of fused-ring (bicyclic) bond motifs is 9. The Kier molecular flexibility index (Phi) is 43.7. The van der Waals surface area contributed by atoms with E-state index in [9.17, 15) is 0 Å². The lowest BCUT2D eigenvalue weighted by atomic mass is 9.70. The van der Waals surface area contributed by atoms with E-state index in [1.165, 1.54) is 208 Å². The van der Waals surface area contributed by atoms with Crippen LogP contribution in [0.1, 0.15) is 408 Å². The highest BCUT2D eigenvalue weighted by Gasteiger charge is 2.63. The molecular formula is C111H176O11. The van der Waals surface area contributed by atoms with Crippen molar-refractivity contribution in [1.29, 1.82) is 0 Å². The topological polar surface area (TPSA) is 102 Å². The summed E-state index contributed by atoms with van der Waals surface area (Å²) >= 11 is 0. The predicted octanol–water partition coefficient (Wildman–Crippen LogP) is 31.5. The maximum atomic E-state index is 6.70. The molecule has 0 heterocycles. The lowest BCUT2D eigenvalue weighted by Crippen LogP contribution is -2.40. The Morgan fingerprint density at radius 3 is 1.05 bits per heavy atom. The van der Waals surface area contributed by atoms with Crippen LogP contribution in [0.3, 0.4) is 0 Å². The first-order valence-corrected chi connectivity index (χ1v) is 50.5. The SMILES string of the molecule is CCC(C)c1ccc(OC(CC(C)(C)C)OCCOC2CCCCC2)cc1.CCC(C)c1ccc(OC(CC2CCCCC2)OC2CCCCC2)cc1.CCC(C)c1ccc(OC(OC2CC3CC2C2C4CCC(C4)C32)C(C)C)cc1.CCC(C)c1ccc(OC(OC2CCCCC2)C(C)C)cc1.CCCOC(Oc1ccc(C(C)CC)cc1)C(C)C. The van der Waals surface area contributed by atoms with Crippen molar-refractivity contribution in [2.75, 3.05) is 19.8 Å². The van der Waals surface area contributed by atoms with Gasteiger partial charge in [-0.3, -0.25) is 0 Å². The fraction of sp³-hybridized carbons (Fsp3) is 0.730. The van der Waals surface area contributed by atoms with Crippen LogP contribution in [0.4, 0.5) is 0 Å². The molecule has 8 fully saturated rings. The molecule has 5 aromatic carbocycles. The third kappa shape index (κ3) is 33.2. The van der Waals surface area contributed by atoms with E-state index in [-0.39, 0.29) is 36.9 Å². The average Bonchev–Trinajstić information content (AvgIpc) is 1.55. The van der Waals surface area contributed by atoms with Crippen molar-refractivity contribution in [1.82, 2.24) is 0 Å². The predicted molar refractivity (Wildman–Crippen MR) is 507 cm³/mol. The van der Waals surface area contributed by atoms with Crippen molar-refractivity contribution in [2.45, 2.75) is 436 Å². The zero-order valence-corrected chi connectivity index (χ0v) is 80.8. The van der Waals surface area contributed by atoms with Crippen LogP contribution in [0.5, 0.6) is 28.7 Å². The lowest BCUT2D eigenvalue weighted by molar-refractivity contribution is -0.166. The summed E-state index contributed by atoms with van der Waals surface area (Å²) in [4.78, 5) is 0. The average molecular weight is 1690 g/mol. The molecule has 0 saturated heterocycles. The van der Waals surface area contributed by atoms with Gasteiger partial charge in [0.1, 0.15) is 28.7 Å². The Hall–Kier alpha value is -5.14. The first-order valence-electron chi connectivity index (χ1n) is 50.5. The van der Waals surface area contributed by atoms with E-state index in [2.05, 4.69) is 248 Å². The smallest absolute Gasteiger partial charge is 0.202 e. The zero-order valence-electron chi connectivity index (χ0n) is 80.8. The highest BCUT2D eigenvalue weighted by Crippen LogP contribution is 2.68. The van der Waals surface area contributed by atoms with Gasteiger partial charge in [0.2, 0.25) is 18.9 Å². The van der Waals surface area contributed by atoms with Crippen LogP contribution in [0.15, 0.2) is 121 Å². The van der Waals surface area contributed by atoms with Crippen LogP contribution < -0.4 is 23.7 Å². The molecule has 4 bridgehead atoms. The molecule has 0 amide bonds. The van der Waals surface area contributed by atoms with Gasteiger partial charge in [0, 0.05) is 30.6 Å². The highest BCUT2D eigenvalue weighted by atomic mass is 16.7. The molecular weight excluding hydrogens is 1510 g/mol. The molecule has 5 aromatic rings. The summed E-state index contributed by atoms with van der Waals surface area (Å²) in [5, 5.41) is 0. The minimum atomic E-state index is -0.241. The van der Waals surface area contributed by atoms with Crippen LogP contribution in [0, 0.1) is 64.6 Å². The molecule has 8 saturated carbocycles. The summed E-state index contributed by atoms with van der Waals surface area (Å²) in [6.07, 6.45) is 42.8. The summed E-state index contributed by atoms with van der Waals surface area (Å²) in [5.74, 6) is 15.3. The molecule has 13 rings (SSSR count). The fourth-order valence-corrected chi connectivity index (χ4v) is 20.2. The minimum Gasteiger partial charge on any atom is -0.465 e. The van der Waals surface area contributed by atoms with Crippen molar-refractivity contribution in [3.63, 3.8) is 0 Å². The molecule has 11 nitrogen and oxygen atoms in total. The number of hydrogen-bond donors (Lipinski definition) is 0. The number of benzene rings is 5. The van der Waals surface area contributed by atoms with E-state index >= 15 is 0 Å². The Morgan fingerprint density at radius 2 is 0.664 bits per heavy atom. The second kappa shape index (κ2) is 53.0. The molecule has 0 N–H and O–H groups in total. The standard InChI is InChI=1S/C26H38O2.C24H40O3.C24H38O2.C20H32O2.C17H28O2/c1-5-16(4)17-8-10-21(11-9-17)27-26(15(2)3)28-23-14-20-13-22(23)25-19-7-6-18(12-19)24(20)25;1-6-19(2)20-12-14-22(15-13-20)27-23(18-24(3,4)5)26-17-16-25-21-10-8-7-9-11-21;1-3-19(2)21-14-16-23(17-15-21)26-24(18-20-10-6-4-7-11-20)25-22-12-8-5-9-13-22;1-5-16(4)17-11-13-19(14-12-17)22-20(15(2)3)21-18-9-7-6-8-10-18;1-6-12-18-17(13(3)4)19-16-10-8-15(9-11-16)14(5)7-2/h8-11,15-16,18-20,22-26H,5-7,12-14H2,1-4H3;12-15,19,21,23H,6-11,16-18H2,1-5H3;14-17,19-20,22,24H,3-13,18H2,1-2H3;11-16,18,20H,5-10H2,1-4H3;8-11,13-14,17H,6-7,12H2,1-5H3. The van der Waals surface area contributed by atoms with Gasteiger partial charge in [-0.1, -0.05) is 289 Å². The van der Waals surface area contributed by atoms with Gasteiger partial charge in [0.25, 0.3) is 0 Å². The third-order valence-corrected chi connectivity index (χ3v) is 28.8. The van der Waals surface area contributed by atoms with Crippen LogP contribution in [-0.4, -0.2) is 75.7 Å². The van der Waals surface area contributed by atoms with Crippen LogP contribution in [-0.2, 0) is 28.4 Å². The summed E-state index contributed by atoms with van der Waals surface area (Å²) in [6, 6.07) is 42.8. The number of rotatable bonds is 40. The van der Waals surface area contributed by atoms with Crippen molar-refractivity contribution < 1.29 is 52.1 Å². The van der Waals surface area contributed by atoms with E-state index < -0.39 is 0 Å². The molecule has 0 spiro atoms. The van der Waals surface area contributed by atoms with Crippen molar-refractivity contribution in [3.05, 3.63) is 149 Å². The monoisotopic (exact) mass is 1690 g/mol. The Labute approximate surface area is 745 Å². The Balaban J connectivity index is 0.000000174. The van der Waals surface area contributed by atoms with E-state index in [1.807, 2.05) is 12.1 Å². The van der Waals surface area contributed by atoms with Gasteiger partial charge in [-0.25, -0.2) is 0 Å². The first kappa shape index (κ1) is 101. The van der Waals surface area contributed by atoms with Gasteiger partial charge in [-0.05, 0) is 274 Å². The second-order valence-electron chi connectivity index (χ2n) is 40.9. The summed E-state index contributed by atoms with van der Waals surface area (Å²) in [5.41, 5.74) is 7.05. The van der Waals surface area contributed by atoms with Crippen molar-refractivity contribution in [2.24, 2.45) is 64.6 Å². The second-order valence-corrected chi connectivity index (χ2v) is 40.9. The largest absolute Gasteiger partial charge is 0.465 e. The molecule has 17 unspecified atom stereocenters. The van der Waals surface area contributed by atoms with Crippen molar-refractivity contribution in [3.8, 4) is 28.7 Å². The molecule has 122 heavy (non-hydrogen) atoms. The molecule has 8 aliphatic carbocycles. The maximum Gasteiger partial charge on any atom is 0.202 e. The van der Waals surface area contributed by atoms with Crippen LogP contribution in [0.25, 0.3) is 0 Å². The van der Waals surface area contributed by atoms with Gasteiger partial charge in [-0.15, -0.1) is 0 Å². The highest BCUT2D eigenvalue weighted by molar-refractivity contribution is 5.33. The molecule has 0 aliphatic heterocycles. The van der Waals surface area contributed by atoms with Gasteiger partial charge in [0.15, 0.2) is 12.6 Å². The van der Waals surface area contributed by atoms with Gasteiger partial charge >= 0.3 is 0 Å². The van der Waals surface area contributed by atoms with Gasteiger partial charge in [-0.2, -0.15) is 0 Å². The van der Waals surface area contributed by atoms with E-state index in [0.29, 0.717) is 85.0 Å². The van der Waals surface area contributed by atoms with Crippen molar-refractivity contribution >= 4 is 0 Å². The fourth-order valence-electron chi connectivity index (χ4n) is 20.2.